The van der Waals surface area contributed by atoms with Crippen molar-refractivity contribution in [1.29, 1.82) is 0 Å². The van der Waals surface area contributed by atoms with Crippen molar-refractivity contribution in [3.05, 3.63) is 69.3 Å². The van der Waals surface area contributed by atoms with Crippen molar-refractivity contribution in [2.24, 2.45) is 0 Å². The van der Waals surface area contributed by atoms with E-state index in [4.69, 9.17) is 4.74 Å². The van der Waals surface area contributed by atoms with Crippen molar-refractivity contribution in [3.63, 3.8) is 0 Å². The lowest BCUT2D eigenvalue weighted by Gasteiger charge is -2.17. The van der Waals surface area contributed by atoms with E-state index in [1.807, 2.05) is 26.0 Å². The SMILES string of the molecule is Cc1cc(C)cc(OCCN(C)C(=O)c2cccc([N+](=O)[O-])c2)c1. The molecular weight excluding hydrogens is 308 g/mol. The van der Waals surface area contributed by atoms with Crippen LogP contribution in [0.1, 0.15) is 21.5 Å². The maximum absolute atomic E-state index is 12.3. The Labute approximate surface area is 140 Å². The van der Waals surface area contributed by atoms with Gasteiger partial charge in [0.15, 0.2) is 0 Å². The minimum atomic E-state index is -0.514. The fourth-order valence-electron chi connectivity index (χ4n) is 2.39. The summed E-state index contributed by atoms with van der Waals surface area (Å²) in [7, 11) is 1.64. The van der Waals surface area contributed by atoms with E-state index in [-0.39, 0.29) is 17.2 Å². The maximum Gasteiger partial charge on any atom is 0.270 e. The van der Waals surface area contributed by atoms with Crippen molar-refractivity contribution < 1.29 is 14.5 Å². The zero-order valence-electron chi connectivity index (χ0n) is 14.0. The summed E-state index contributed by atoms with van der Waals surface area (Å²) in [4.78, 5) is 24.1. The molecular formula is C18H20N2O4. The van der Waals surface area contributed by atoms with Gasteiger partial charge < -0.3 is 9.64 Å². The normalized spacial score (nSPS) is 10.3. The lowest BCUT2D eigenvalue weighted by atomic mass is 10.1. The number of rotatable bonds is 6. The largest absolute Gasteiger partial charge is 0.492 e. The molecule has 0 saturated heterocycles. The van der Waals surface area contributed by atoms with Crippen molar-refractivity contribution in [2.45, 2.75) is 13.8 Å². The van der Waals surface area contributed by atoms with E-state index in [1.165, 1.54) is 23.1 Å². The summed E-state index contributed by atoms with van der Waals surface area (Å²) in [6, 6.07) is 11.7. The molecule has 0 N–H and O–H groups in total. The highest BCUT2D eigenvalue weighted by Crippen LogP contribution is 2.17. The van der Waals surface area contributed by atoms with E-state index in [2.05, 4.69) is 6.07 Å². The number of amides is 1. The van der Waals surface area contributed by atoms with Gasteiger partial charge in [0.1, 0.15) is 12.4 Å². The van der Waals surface area contributed by atoms with Crippen LogP contribution in [-0.4, -0.2) is 35.9 Å². The van der Waals surface area contributed by atoms with E-state index < -0.39 is 4.92 Å². The van der Waals surface area contributed by atoms with Crippen LogP contribution in [0.25, 0.3) is 0 Å². The van der Waals surface area contributed by atoms with E-state index in [9.17, 15) is 14.9 Å². The van der Waals surface area contributed by atoms with Crippen molar-refractivity contribution in [1.82, 2.24) is 4.90 Å². The second-order valence-corrected chi connectivity index (χ2v) is 5.71. The number of nitro benzene ring substituents is 1. The molecule has 0 bridgehead atoms. The van der Waals surface area contributed by atoms with Crippen LogP contribution in [-0.2, 0) is 0 Å². The van der Waals surface area contributed by atoms with Gasteiger partial charge >= 0.3 is 0 Å². The fourth-order valence-corrected chi connectivity index (χ4v) is 2.39. The zero-order valence-corrected chi connectivity index (χ0v) is 14.0. The quantitative estimate of drug-likeness (QED) is 0.602. The number of carbonyl (C=O) groups is 1. The number of hydrogen-bond acceptors (Lipinski definition) is 4. The highest BCUT2D eigenvalue weighted by atomic mass is 16.6. The van der Waals surface area contributed by atoms with Gasteiger partial charge in [-0.3, -0.25) is 14.9 Å². The van der Waals surface area contributed by atoms with Gasteiger partial charge in [-0.15, -0.1) is 0 Å². The summed E-state index contributed by atoms with van der Waals surface area (Å²) >= 11 is 0. The summed E-state index contributed by atoms with van der Waals surface area (Å²) < 4.78 is 5.68. The number of benzene rings is 2. The lowest BCUT2D eigenvalue weighted by molar-refractivity contribution is -0.384. The molecule has 0 atom stereocenters. The minimum absolute atomic E-state index is 0.0965. The second-order valence-electron chi connectivity index (χ2n) is 5.71. The summed E-state index contributed by atoms with van der Waals surface area (Å²) in [5.41, 5.74) is 2.43. The average Bonchev–Trinajstić information content (AvgIpc) is 2.53. The summed E-state index contributed by atoms with van der Waals surface area (Å²) in [5, 5.41) is 10.8. The number of hydrogen-bond donors (Lipinski definition) is 0. The minimum Gasteiger partial charge on any atom is -0.492 e. The maximum atomic E-state index is 12.3. The summed E-state index contributed by atoms with van der Waals surface area (Å²) in [6.07, 6.45) is 0. The van der Waals surface area contributed by atoms with Crippen molar-refractivity contribution >= 4 is 11.6 Å². The number of non-ortho nitro benzene ring substituents is 1. The highest BCUT2D eigenvalue weighted by molar-refractivity contribution is 5.94. The van der Waals surface area contributed by atoms with Gasteiger partial charge in [-0.1, -0.05) is 12.1 Å². The Morgan fingerprint density at radius 2 is 1.83 bits per heavy atom. The number of carbonyl (C=O) groups excluding carboxylic acids is 1. The molecule has 6 heteroatoms. The number of likely N-dealkylation sites (N-methyl/N-ethyl adjacent to an activating group) is 1. The topological polar surface area (TPSA) is 72.7 Å². The summed E-state index contributed by atoms with van der Waals surface area (Å²) in [5.74, 6) is 0.492. The van der Waals surface area contributed by atoms with Gasteiger partial charge in [-0.2, -0.15) is 0 Å². The monoisotopic (exact) mass is 328 g/mol. The molecule has 0 spiro atoms. The molecule has 0 aliphatic carbocycles. The van der Waals surface area contributed by atoms with E-state index in [1.54, 1.807) is 13.1 Å². The Morgan fingerprint density at radius 3 is 2.46 bits per heavy atom. The van der Waals surface area contributed by atoms with Crippen LogP contribution >= 0.6 is 0 Å². The third-order valence-electron chi connectivity index (χ3n) is 3.54. The first-order valence-corrected chi connectivity index (χ1v) is 7.58. The highest BCUT2D eigenvalue weighted by Gasteiger charge is 2.15. The smallest absolute Gasteiger partial charge is 0.270 e. The molecule has 1 amide bonds. The van der Waals surface area contributed by atoms with Crippen LogP contribution in [0, 0.1) is 24.0 Å². The molecule has 2 aromatic rings. The van der Waals surface area contributed by atoms with Gasteiger partial charge in [0, 0.05) is 24.7 Å². The first kappa shape index (κ1) is 17.5. The van der Waals surface area contributed by atoms with Gasteiger partial charge in [0.25, 0.3) is 11.6 Å². The fraction of sp³-hybridized carbons (Fsp3) is 0.278. The van der Waals surface area contributed by atoms with E-state index >= 15 is 0 Å². The van der Waals surface area contributed by atoms with Crippen LogP contribution in [0.15, 0.2) is 42.5 Å². The molecule has 0 unspecified atom stereocenters. The number of nitrogens with zero attached hydrogens (tertiary/aromatic N) is 2. The van der Waals surface area contributed by atoms with Crippen molar-refractivity contribution in [3.8, 4) is 5.75 Å². The Morgan fingerprint density at radius 1 is 1.17 bits per heavy atom. The first-order chi connectivity index (χ1) is 11.4. The lowest BCUT2D eigenvalue weighted by Crippen LogP contribution is -2.30. The van der Waals surface area contributed by atoms with Crippen molar-refractivity contribution in [2.75, 3.05) is 20.2 Å². The van der Waals surface area contributed by atoms with Gasteiger partial charge in [-0.25, -0.2) is 0 Å². The van der Waals surface area contributed by atoms with E-state index in [0.717, 1.165) is 16.9 Å². The number of nitro groups is 1. The van der Waals surface area contributed by atoms with Gasteiger partial charge in [-0.05, 0) is 43.2 Å². The molecule has 0 aliphatic rings. The van der Waals surface area contributed by atoms with Crippen LogP contribution in [0.5, 0.6) is 5.75 Å². The Balaban J connectivity index is 1.94. The standard InChI is InChI=1S/C18H20N2O4/c1-13-9-14(2)11-17(10-13)24-8-7-19(3)18(21)15-5-4-6-16(12-15)20(22)23/h4-6,9-12H,7-8H2,1-3H3. The van der Waals surface area contributed by atoms with Gasteiger partial charge in [0.05, 0.1) is 11.5 Å². The first-order valence-electron chi connectivity index (χ1n) is 7.58. The van der Waals surface area contributed by atoms with Crippen LogP contribution in [0.2, 0.25) is 0 Å². The Kier molecular flexibility index (Phi) is 5.52. The Bertz CT molecular complexity index is 738. The zero-order chi connectivity index (χ0) is 17.7. The van der Waals surface area contributed by atoms with Crippen LogP contribution in [0.4, 0.5) is 5.69 Å². The summed E-state index contributed by atoms with van der Waals surface area (Å²) in [6.45, 7) is 4.73. The third kappa shape index (κ3) is 4.55. The molecule has 24 heavy (non-hydrogen) atoms. The molecule has 126 valence electrons. The second kappa shape index (κ2) is 7.59. The predicted molar refractivity (Wildman–Crippen MR) is 91.5 cm³/mol. The molecule has 0 saturated carbocycles. The molecule has 0 aromatic heterocycles. The number of aryl methyl sites for hydroxylation is 2. The van der Waals surface area contributed by atoms with Gasteiger partial charge in [0.2, 0.25) is 0 Å². The Hall–Kier alpha value is -2.89. The molecule has 0 fully saturated rings. The predicted octanol–water partition coefficient (Wildman–Crippen LogP) is 3.36. The molecule has 0 aliphatic heterocycles. The third-order valence-corrected chi connectivity index (χ3v) is 3.54. The average molecular weight is 328 g/mol. The number of ether oxygens (including phenoxy) is 1. The molecule has 6 nitrogen and oxygen atoms in total. The van der Waals surface area contributed by atoms with E-state index in [0.29, 0.717) is 13.2 Å². The van der Waals surface area contributed by atoms with Crippen LogP contribution < -0.4 is 4.74 Å². The molecule has 2 rings (SSSR count). The molecule has 0 radical (unpaired) electrons. The van der Waals surface area contributed by atoms with Crippen LogP contribution in [0.3, 0.4) is 0 Å². The molecule has 0 heterocycles. The molecule has 2 aromatic carbocycles.